The van der Waals surface area contributed by atoms with Crippen LogP contribution in [-0.2, 0) is 0 Å². The number of pyridine rings is 1. The first-order chi connectivity index (χ1) is 8.11. The summed E-state index contributed by atoms with van der Waals surface area (Å²) in [5.74, 6) is 0. The fraction of sp³-hybridized carbons (Fsp3) is 0.308. The fourth-order valence-electron chi connectivity index (χ4n) is 1.98. The van der Waals surface area contributed by atoms with Crippen molar-refractivity contribution in [1.29, 1.82) is 0 Å². The second-order valence-electron chi connectivity index (χ2n) is 4.11. The Kier molecular flexibility index (Phi) is 3.97. The molecular weight excluding hydrogens is 296 g/mol. The summed E-state index contributed by atoms with van der Waals surface area (Å²) in [6, 6.07) is 4.38. The molecule has 0 amide bonds. The van der Waals surface area contributed by atoms with Gasteiger partial charge in [0, 0.05) is 15.5 Å². The summed E-state index contributed by atoms with van der Waals surface area (Å²) >= 11 is 5.28. The van der Waals surface area contributed by atoms with Gasteiger partial charge in [0.1, 0.15) is 0 Å². The van der Waals surface area contributed by atoms with Crippen molar-refractivity contribution in [3.63, 3.8) is 0 Å². The van der Waals surface area contributed by atoms with E-state index in [1.807, 2.05) is 14.0 Å². The fourth-order valence-corrected chi connectivity index (χ4v) is 3.53. The Labute approximate surface area is 114 Å². The van der Waals surface area contributed by atoms with Crippen molar-refractivity contribution in [2.24, 2.45) is 0 Å². The van der Waals surface area contributed by atoms with Gasteiger partial charge in [-0.2, -0.15) is 11.3 Å². The van der Waals surface area contributed by atoms with Gasteiger partial charge in [-0.3, -0.25) is 4.98 Å². The average molecular weight is 311 g/mol. The van der Waals surface area contributed by atoms with E-state index < -0.39 is 0 Å². The molecule has 2 aromatic rings. The van der Waals surface area contributed by atoms with Gasteiger partial charge in [0.25, 0.3) is 0 Å². The third-order valence-corrected chi connectivity index (χ3v) is 4.41. The number of hydrogen-bond acceptors (Lipinski definition) is 3. The summed E-state index contributed by atoms with van der Waals surface area (Å²) in [5.41, 5.74) is 4.63. The van der Waals surface area contributed by atoms with Gasteiger partial charge in [0.05, 0.1) is 11.7 Å². The van der Waals surface area contributed by atoms with Crippen LogP contribution in [-0.4, -0.2) is 12.0 Å². The van der Waals surface area contributed by atoms with Crippen LogP contribution in [0.25, 0.3) is 0 Å². The zero-order chi connectivity index (χ0) is 12.4. The first kappa shape index (κ1) is 12.7. The van der Waals surface area contributed by atoms with E-state index in [1.54, 1.807) is 11.3 Å². The lowest BCUT2D eigenvalue weighted by Gasteiger charge is -2.16. The molecule has 0 spiro atoms. The van der Waals surface area contributed by atoms with Crippen molar-refractivity contribution in [3.8, 4) is 0 Å². The van der Waals surface area contributed by atoms with Crippen molar-refractivity contribution in [3.05, 3.63) is 49.9 Å². The van der Waals surface area contributed by atoms with E-state index in [1.165, 1.54) is 11.1 Å². The van der Waals surface area contributed by atoms with Gasteiger partial charge in [0.15, 0.2) is 0 Å². The van der Waals surface area contributed by atoms with Crippen molar-refractivity contribution in [2.45, 2.75) is 19.9 Å². The molecule has 17 heavy (non-hydrogen) atoms. The molecule has 2 nitrogen and oxygen atoms in total. The molecule has 0 aliphatic heterocycles. The smallest absolute Gasteiger partial charge is 0.0768 e. The molecular formula is C13H15BrN2S. The van der Waals surface area contributed by atoms with Crippen LogP contribution in [0.5, 0.6) is 0 Å². The number of halogens is 1. The summed E-state index contributed by atoms with van der Waals surface area (Å²) in [5, 5.41) is 7.59. The molecule has 0 bridgehead atoms. The summed E-state index contributed by atoms with van der Waals surface area (Å²) < 4.78 is 1.14. The second kappa shape index (κ2) is 5.29. The highest BCUT2D eigenvalue weighted by molar-refractivity contribution is 9.10. The van der Waals surface area contributed by atoms with Gasteiger partial charge < -0.3 is 5.32 Å². The van der Waals surface area contributed by atoms with Crippen LogP contribution >= 0.6 is 27.3 Å². The predicted molar refractivity (Wildman–Crippen MR) is 76.6 cm³/mol. The lowest BCUT2D eigenvalue weighted by Crippen LogP contribution is -2.19. The molecule has 1 N–H and O–H groups in total. The van der Waals surface area contributed by atoms with E-state index in [2.05, 4.69) is 56.0 Å². The zero-order valence-electron chi connectivity index (χ0n) is 10.1. The van der Waals surface area contributed by atoms with Crippen LogP contribution in [0.1, 0.15) is 28.6 Å². The van der Waals surface area contributed by atoms with Crippen LogP contribution in [0.3, 0.4) is 0 Å². The lowest BCUT2D eigenvalue weighted by atomic mass is 10.0. The van der Waals surface area contributed by atoms with Crippen LogP contribution in [0, 0.1) is 13.8 Å². The molecule has 90 valence electrons. The van der Waals surface area contributed by atoms with E-state index in [-0.39, 0.29) is 6.04 Å². The average Bonchev–Trinajstić information content (AvgIpc) is 2.65. The number of hydrogen-bond donors (Lipinski definition) is 1. The number of nitrogens with zero attached hydrogens (tertiary/aromatic N) is 1. The summed E-state index contributed by atoms with van der Waals surface area (Å²) in [6.45, 7) is 4.14. The van der Waals surface area contributed by atoms with Gasteiger partial charge in [0.2, 0.25) is 0 Å². The zero-order valence-corrected chi connectivity index (χ0v) is 12.5. The SMILES string of the molecule is CNC(c1cc(C)cc(C)n1)c1cscc1Br. The van der Waals surface area contributed by atoms with Gasteiger partial charge in [-0.05, 0) is 65.5 Å². The molecule has 0 saturated heterocycles. The molecule has 0 aliphatic rings. The Bertz CT molecular complexity index is 502. The van der Waals surface area contributed by atoms with E-state index >= 15 is 0 Å². The van der Waals surface area contributed by atoms with E-state index in [0.29, 0.717) is 0 Å². The Hall–Kier alpha value is -0.710. The van der Waals surface area contributed by atoms with Crippen molar-refractivity contribution >= 4 is 27.3 Å². The standard InChI is InChI=1S/C13H15BrN2S/c1-8-4-9(2)16-12(5-8)13(15-3)10-6-17-7-11(10)14/h4-7,13,15H,1-3H3. The number of aromatic nitrogens is 1. The van der Waals surface area contributed by atoms with Crippen LogP contribution in [0.2, 0.25) is 0 Å². The maximum atomic E-state index is 4.62. The Morgan fingerprint density at radius 2 is 2.06 bits per heavy atom. The lowest BCUT2D eigenvalue weighted by molar-refractivity contribution is 0.667. The van der Waals surface area contributed by atoms with E-state index in [4.69, 9.17) is 0 Å². The van der Waals surface area contributed by atoms with Crippen LogP contribution in [0.4, 0.5) is 0 Å². The van der Waals surface area contributed by atoms with Gasteiger partial charge in [-0.1, -0.05) is 0 Å². The van der Waals surface area contributed by atoms with Gasteiger partial charge in [-0.25, -0.2) is 0 Å². The molecule has 2 aromatic heterocycles. The molecule has 0 fully saturated rings. The second-order valence-corrected chi connectivity index (χ2v) is 5.71. The molecule has 2 heterocycles. The van der Waals surface area contributed by atoms with Crippen molar-refractivity contribution in [2.75, 3.05) is 7.05 Å². The molecule has 0 saturated carbocycles. The molecule has 2 rings (SSSR count). The third kappa shape index (κ3) is 2.76. The normalized spacial score (nSPS) is 12.7. The minimum Gasteiger partial charge on any atom is -0.308 e. The van der Waals surface area contributed by atoms with Gasteiger partial charge in [-0.15, -0.1) is 0 Å². The molecule has 1 atom stereocenters. The minimum absolute atomic E-state index is 0.147. The number of thiophene rings is 1. The Balaban J connectivity index is 2.45. The first-order valence-corrected chi connectivity index (χ1v) is 7.19. The molecule has 1 unspecified atom stereocenters. The quantitative estimate of drug-likeness (QED) is 0.932. The van der Waals surface area contributed by atoms with E-state index in [9.17, 15) is 0 Å². The molecule has 0 aliphatic carbocycles. The number of rotatable bonds is 3. The van der Waals surface area contributed by atoms with Crippen LogP contribution < -0.4 is 5.32 Å². The van der Waals surface area contributed by atoms with Crippen molar-refractivity contribution < 1.29 is 0 Å². The summed E-state index contributed by atoms with van der Waals surface area (Å²) in [7, 11) is 1.97. The molecule has 0 radical (unpaired) electrons. The number of nitrogens with one attached hydrogen (secondary N) is 1. The monoisotopic (exact) mass is 310 g/mol. The highest BCUT2D eigenvalue weighted by Crippen LogP contribution is 2.30. The molecule has 4 heteroatoms. The van der Waals surface area contributed by atoms with Crippen LogP contribution in [0.15, 0.2) is 27.4 Å². The first-order valence-electron chi connectivity index (χ1n) is 5.46. The van der Waals surface area contributed by atoms with Crippen molar-refractivity contribution in [1.82, 2.24) is 10.3 Å². The Morgan fingerprint density at radius 1 is 1.29 bits per heavy atom. The summed E-state index contributed by atoms with van der Waals surface area (Å²) in [6.07, 6.45) is 0. The molecule has 0 aromatic carbocycles. The topological polar surface area (TPSA) is 24.9 Å². The van der Waals surface area contributed by atoms with E-state index in [0.717, 1.165) is 15.9 Å². The highest BCUT2D eigenvalue weighted by atomic mass is 79.9. The summed E-state index contributed by atoms with van der Waals surface area (Å²) in [4.78, 5) is 4.62. The maximum absolute atomic E-state index is 4.62. The minimum atomic E-state index is 0.147. The maximum Gasteiger partial charge on any atom is 0.0768 e. The number of aryl methyl sites for hydroxylation is 2. The Morgan fingerprint density at radius 3 is 2.59 bits per heavy atom. The largest absolute Gasteiger partial charge is 0.308 e. The van der Waals surface area contributed by atoms with Gasteiger partial charge >= 0.3 is 0 Å². The third-order valence-electron chi connectivity index (χ3n) is 2.66. The predicted octanol–water partition coefficient (Wildman–Crippen LogP) is 3.83. The highest BCUT2D eigenvalue weighted by Gasteiger charge is 2.17.